The first kappa shape index (κ1) is 14.9. The molecular weight excluding hydrogens is 315 g/mol. The van der Waals surface area contributed by atoms with Crippen LogP contribution in [0.5, 0.6) is 0 Å². The number of hydrazone groups is 1. The van der Waals surface area contributed by atoms with Crippen molar-refractivity contribution in [1.82, 2.24) is 5.43 Å². The van der Waals surface area contributed by atoms with Crippen molar-refractivity contribution >= 4 is 40.2 Å². The van der Waals surface area contributed by atoms with Crippen LogP contribution >= 0.6 is 23.2 Å². The largest absolute Gasteiger partial charge is 0.306 e. The summed E-state index contributed by atoms with van der Waals surface area (Å²) in [5.74, 6) is 0. The van der Waals surface area contributed by atoms with Crippen LogP contribution in [0, 0.1) is 0 Å². The molecule has 22 heavy (non-hydrogen) atoms. The van der Waals surface area contributed by atoms with Gasteiger partial charge in [-0.25, -0.2) is 0 Å². The van der Waals surface area contributed by atoms with E-state index in [9.17, 15) is 0 Å². The van der Waals surface area contributed by atoms with Crippen molar-refractivity contribution in [2.24, 2.45) is 5.10 Å². The zero-order valence-electron chi connectivity index (χ0n) is 11.8. The third-order valence-corrected chi connectivity index (χ3v) is 4.14. The summed E-state index contributed by atoms with van der Waals surface area (Å²) in [6.45, 7) is 0.486. The van der Waals surface area contributed by atoms with E-state index in [0.29, 0.717) is 16.6 Å². The highest BCUT2D eigenvalue weighted by Gasteiger charge is 2.03. The Hall–Kier alpha value is -2.03. The maximum absolute atomic E-state index is 6.13. The molecule has 3 aromatic carbocycles. The number of nitrogens with one attached hydrogen (secondary N) is 1. The van der Waals surface area contributed by atoms with Crippen molar-refractivity contribution in [3.8, 4) is 0 Å². The number of nitrogens with zero attached hydrogens (tertiary/aromatic N) is 1. The monoisotopic (exact) mass is 328 g/mol. The molecule has 0 fully saturated rings. The summed E-state index contributed by atoms with van der Waals surface area (Å²) in [5, 5.41) is 7.92. The van der Waals surface area contributed by atoms with Gasteiger partial charge < -0.3 is 5.43 Å². The molecule has 0 aliphatic rings. The highest BCUT2D eigenvalue weighted by atomic mass is 35.5. The van der Waals surface area contributed by atoms with E-state index in [2.05, 4.69) is 28.7 Å². The molecule has 1 N–H and O–H groups in total. The highest BCUT2D eigenvalue weighted by molar-refractivity contribution is 6.35. The van der Waals surface area contributed by atoms with Crippen LogP contribution in [0.4, 0.5) is 0 Å². The quantitative estimate of drug-likeness (QED) is 0.512. The van der Waals surface area contributed by atoms with E-state index in [0.717, 1.165) is 11.1 Å². The fourth-order valence-corrected chi connectivity index (χ4v) is 2.84. The molecule has 0 aliphatic heterocycles. The molecule has 0 bridgehead atoms. The van der Waals surface area contributed by atoms with Gasteiger partial charge in [-0.3, -0.25) is 0 Å². The van der Waals surface area contributed by atoms with Crippen molar-refractivity contribution in [3.63, 3.8) is 0 Å². The van der Waals surface area contributed by atoms with Gasteiger partial charge in [-0.2, -0.15) is 5.10 Å². The number of benzene rings is 3. The summed E-state index contributed by atoms with van der Waals surface area (Å²) < 4.78 is 0. The summed E-state index contributed by atoms with van der Waals surface area (Å²) in [7, 11) is 0. The lowest BCUT2D eigenvalue weighted by Gasteiger charge is -2.06. The van der Waals surface area contributed by atoms with Crippen molar-refractivity contribution < 1.29 is 0 Å². The summed E-state index contributed by atoms with van der Waals surface area (Å²) in [6.07, 6.45) is 1.81. The van der Waals surface area contributed by atoms with Crippen LogP contribution in [0.25, 0.3) is 10.8 Å². The van der Waals surface area contributed by atoms with Gasteiger partial charge in [0.25, 0.3) is 0 Å². The van der Waals surface area contributed by atoms with E-state index in [-0.39, 0.29) is 0 Å². The first-order chi connectivity index (χ1) is 10.8. The van der Waals surface area contributed by atoms with Gasteiger partial charge in [-0.15, -0.1) is 0 Å². The molecule has 0 atom stereocenters. The normalized spacial score (nSPS) is 11.2. The zero-order valence-corrected chi connectivity index (χ0v) is 13.3. The molecule has 2 nitrogen and oxygen atoms in total. The highest BCUT2D eigenvalue weighted by Crippen LogP contribution is 2.23. The van der Waals surface area contributed by atoms with E-state index >= 15 is 0 Å². The second-order valence-electron chi connectivity index (χ2n) is 4.86. The number of hydrogen-bond acceptors (Lipinski definition) is 2. The Labute approximate surface area is 139 Å². The fraction of sp³-hybridized carbons (Fsp3) is 0.0556. The van der Waals surface area contributed by atoms with Crippen molar-refractivity contribution in [2.45, 2.75) is 6.54 Å². The molecule has 0 amide bonds. The Bertz CT molecular complexity index is 803. The molecule has 3 aromatic rings. The van der Waals surface area contributed by atoms with Gasteiger partial charge in [0.2, 0.25) is 0 Å². The van der Waals surface area contributed by atoms with Crippen LogP contribution in [-0.2, 0) is 6.54 Å². The Balaban J connectivity index is 1.75. The average Bonchev–Trinajstić information content (AvgIpc) is 2.54. The maximum Gasteiger partial charge on any atom is 0.0609 e. The molecule has 0 aromatic heterocycles. The van der Waals surface area contributed by atoms with Crippen molar-refractivity contribution in [1.29, 1.82) is 0 Å². The van der Waals surface area contributed by atoms with E-state index in [1.165, 1.54) is 10.8 Å². The topological polar surface area (TPSA) is 24.4 Å². The van der Waals surface area contributed by atoms with Gasteiger partial charge in [0.15, 0.2) is 0 Å². The van der Waals surface area contributed by atoms with Gasteiger partial charge >= 0.3 is 0 Å². The number of fused-ring (bicyclic) bond motifs is 1. The van der Waals surface area contributed by atoms with Crippen LogP contribution in [-0.4, -0.2) is 6.21 Å². The predicted octanol–water partition coefficient (Wildman–Crippen LogP) is 5.27. The van der Waals surface area contributed by atoms with E-state index < -0.39 is 0 Å². The third kappa shape index (κ3) is 3.24. The fourth-order valence-electron chi connectivity index (χ4n) is 2.30. The number of halogens is 2. The number of rotatable bonds is 4. The molecule has 0 heterocycles. The Morgan fingerprint density at radius 3 is 2.36 bits per heavy atom. The van der Waals surface area contributed by atoms with Gasteiger partial charge in [0.05, 0.1) is 12.8 Å². The Morgan fingerprint density at radius 2 is 1.55 bits per heavy atom. The Morgan fingerprint density at radius 1 is 0.864 bits per heavy atom. The molecule has 0 saturated carbocycles. The second-order valence-corrected chi connectivity index (χ2v) is 5.68. The summed E-state index contributed by atoms with van der Waals surface area (Å²) >= 11 is 12.3. The van der Waals surface area contributed by atoms with Gasteiger partial charge in [-0.1, -0.05) is 71.7 Å². The minimum absolute atomic E-state index is 0.486. The Kier molecular flexibility index (Phi) is 4.62. The van der Waals surface area contributed by atoms with Crippen LogP contribution in [0.3, 0.4) is 0 Å². The first-order valence-electron chi connectivity index (χ1n) is 6.92. The maximum atomic E-state index is 6.13. The minimum atomic E-state index is 0.486. The molecule has 0 spiro atoms. The molecule has 0 aliphatic carbocycles. The van der Waals surface area contributed by atoms with Crippen molar-refractivity contribution in [3.05, 3.63) is 81.8 Å². The van der Waals surface area contributed by atoms with Gasteiger partial charge in [0, 0.05) is 21.2 Å². The van der Waals surface area contributed by atoms with Gasteiger partial charge in [0.1, 0.15) is 0 Å². The lowest BCUT2D eigenvalue weighted by molar-refractivity contribution is 0.748. The molecular formula is C18H14Cl2N2. The number of hydrogen-bond donors (Lipinski definition) is 1. The molecule has 110 valence electrons. The summed E-state index contributed by atoms with van der Waals surface area (Å²) in [4.78, 5) is 0. The van der Waals surface area contributed by atoms with E-state index in [1.54, 1.807) is 0 Å². The predicted molar refractivity (Wildman–Crippen MR) is 94.8 cm³/mol. The molecule has 0 saturated heterocycles. The molecule has 4 heteroatoms. The lowest BCUT2D eigenvalue weighted by Crippen LogP contribution is -2.06. The standard InChI is InChI=1S/C18H14Cl2N2/c19-17-9-4-10-18(20)16(17)12-22-21-11-14-7-3-6-13-5-1-2-8-15(13)14/h1-11,22H,12H2/b21-11-. The van der Waals surface area contributed by atoms with Gasteiger partial charge in [-0.05, 0) is 22.9 Å². The van der Waals surface area contributed by atoms with Crippen LogP contribution in [0.15, 0.2) is 65.8 Å². The van der Waals surface area contributed by atoms with Crippen LogP contribution < -0.4 is 5.43 Å². The molecule has 0 unspecified atom stereocenters. The average molecular weight is 329 g/mol. The van der Waals surface area contributed by atoms with E-state index in [1.807, 2.05) is 48.7 Å². The van der Waals surface area contributed by atoms with Crippen LogP contribution in [0.1, 0.15) is 11.1 Å². The molecule has 0 radical (unpaired) electrons. The first-order valence-corrected chi connectivity index (χ1v) is 7.68. The molecule has 3 rings (SSSR count). The smallest absolute Gasteiger partial charge is 0.0609 e. The summed E-state index contributed by atoms with van der Waals surface area (Å²) in [5.41, 5.74) is 4.91. The minimum Gasteiger partial charge on any atom is -0.306 e. The zero-order chi connectivity index (χ0) is 15.4. The SMILES string of the molecule is Clc1cccc(Cl)c1CN/N=C\c1cccc2ccccc12. The van der Waals surface area contributed by atoms with E-state index in [4.69, 9.17) is 23.2 Å². The van der Waals surface area contributed by atoms with Crippen LogP contribution in [0.2, 0.25) is 10.0 Å². The lowest BCUT2D eigenvalue weighted by atomic mass is 10.1. The third-order valence-electron chi connectivity index (χ3n) is 3.44. The second kappa shape index (κ2) is 6.82. The summed E-state index contributed by atoms with van der Waals surface area (Å²) in [6, 6.07) is 19.8. The van der Waals surface area contributed by atoms with Crippen molar-refractivity contribution in [2.75, 3.05) is 0 Å².